The number of carbonyl (C=O) groups is 2. The molecule has 0 spiro atoms. The van der Waals surface area contributed by atoms with Gasteiger partial charge in [-0.1, -0.05) is 0 Å². The fourth-order valence-electron chi connectivity index (χ4n) is 2.48. The van der Waals surface area contributed by atoms with Crippen molar-refractivity contribution >= 4 is 29.0 Å². The van der Waals surface area contributed by atoms with E-state index in [4.69, 9.17) is 0 Å². The number of thioether (sulfide) groups is 1. The normalized spacial score (nSPS) is 16.4. The van der Waals surface area contributed by atoms with Crippen LogP contribution in [0.5, 0.6) is 0 Å². The summed E-state index contributed by atoms with van der Waals surface area (Å²) in [7, 11) is 0. The van der Waals surface area contributed by atoms with Crippen LogP contribution in [0.1, 0.15) is 17.0 Å². The van der Waals surface area contributed by atoms with Crippen molar-refractivity contribution in [3.8, 4) is 5.69 Å². The molecule has 0 unspecified atom stereocenters. The molecule has 3 rings (SSSR count). The number of amides is 2. The number of hydrogen-bond donors (Lipinski definition) is 1. The number of rotatable bonds is 2. The molecule has 0 atom stereocenters. The molecule has 0 aliphatic carbocycles. The maximum atomic E-state index is 13.1. The van der Waals surface area contributed by atoms with Gasteiger partial charge in [-0.2, -0.15) is 0 Å². The zero-order chi connectivity index (χ0) is 15.9. The van der Waals surface area contributed by atoms with Crippen LogP contribution in [-0.4, -0.2) is 15.7 Å². The fraction of sp³-hybridized carbons (Fsp3) is 0.125. The standard InChI is InChI=1S/C16H13FN2O2S/c1-9-7-11(8-14-15(20)18-16(21)22-14)10(2)19(9)13-5-3-12(17)4-6-13/h3-8H,1-2H3,(H,18,20,21)/b14-8-. The van der Waals surface area contributed by atoms with Gasteiger partial charge in [-0.3, -0.25) is 14.9 Å². The van der Waals surface area contributed by atoms with Gasteiger partial charge in [0.2, 0.25) is 0 Å². The van der Waals surface area contributed by atoms with Crippen LogP contribution in [0.25, 0.3) is 11.8 Å². The monoisotopic (exact) mass is 316 g/mol. The molecule has 2 amide bonds. The number of nitrogens with zero attached hydrogens (tertiary/aromatic N) is 1. The lowest BCUT2D eigenvalue weighted by molar-refractivity contribution is -0.115. The second-order valence-electron chi connectivity index (χ2n) is 4.99. The van der Waals surface area contributed by atoms with Gasteiger partial charge in [-0.15, -0.1) is 0 Å². The van der Waals surface area contributed by atoms with Crippen molar-refractivity contribution in [3.05, 3.63) is 58.0 Å². The first-order valence-electron chi connectivity index (χ1n) is 6.65. The topological polar surface area (TPSA) is 51.1 Å². The summed E-state index contributed by atoms with van der Waals surface area (Å²) in [5.41, 5.74) is 3.59. The highest BCUT2D eigenvalue weighted by atomic mass is 32.2. The van der Waals surface area contributed by atoms with Crippen LogP contribution in [-0.2, 0) is 4.79 Å². The number of aromatic nitrogens is 1. The molecule has 0 bridgehead atoms. The van der Waals surface area contributed by atoms with Gasteiger partial charge in [0.05, 0.1) is 4.91 Å². The Bertz CT molecular complexity index is 806. The van der Waals surface area contributed by atoms with Gasteiger partial charge < -0.3 is 4.57 Å². The number of imide groups is 1. The number of nitrogens with one attached hydrogen (secondary N) is 1. The Morgan fingerprint density at radius 2 is 1.86 bits per heavy atom. The van der Waals surface area contributed by atoms with E-state index in [1.54, 1.807) is 18.2 Å². The molecule has 1 aliphatic rings. The van der Waals surface area contributed by atoms with Gasteiger partial charge in [0.25, 0.3) is 11.1 Å². The largest absolute Gasteiger partial charge is 0.318 e. The third kappa shape index (κ3) is 2.57. The highest BCUT2D eigenvalue weighted by molar-refractivity contribution is 8.18. The maximum absolute atomic E-state index is 13.1. The van der Waals surface area contributed by atoms with E-state index in [9.17, 15) is 14.0 Å². The fourth-order valence-corrected chi connectivity index (χ4v) is 3.16. The minimum absolute atomic E-state index is 0.286. The van der Waals surface area contributed by atoms with Crippen LogP contribution in [0.15, 0.2) is 35.2 Å². The van der Waals surface area contributed by atoms with Crippen molar-refractivity contribution in [2.24, 2.45) is 0 Å². The molecule has 2 heterocycles. The zero-order valence-corrected chi connectivity index (χ0v) is 12.8. The van der Waals surface area contributed by atoms with Crippen molar-refractivity contribution in [2.45, 2.75) is 13.8 Å². The van der Waals surface area contributed by atoms with Crippen molar-refractivity contribution in [2.75, 3.05) is 0 Å². The molecule has 1 aromatic heterocycles. The van der Waals surface area contributed by atoms with E-state index in [0.717, 1.165) is 34.4 Å². The molecule has 1 fully saturated rings. The molecular weight excluding hydrogens is 303 g/mol. The molecule has 1 N–H and O–H groups in total. The molecule has 1 aromatic carbocycles. The molecular formula is C16H13FN2O2S. The van der Waals surface area contributed by atoms with Gasteiger partial charge in [0.15, 0.2) is 0 Å². The first-order valence-corrected chi connectivity index (χ1v) is 7.47. The molecule has 112 valence electrons. The minimum Gasteiger partial charge on any atom is -0.318 e. The highest BCUT2D eigenvalue weighted by Gasteiger charge is 2.25. The van der Waals surface area contributed by atoms with E-state index in [2.05, 4.69) is 5.32 Å². The lowest BCUT2D eigenvalue weighted by atomic mass is 10.2. The van der Waals surface area contributed by atoms with E-state index in [1.807, 2.05) is 24.5 Å². The van der Waals surface area contributed by atoms with E-state index < -0.39 is 0 Å². The molecule has 22 heavy (non-hydrogen) atoms. The van der Waals surface area contributed by atoms with Crippen LogP contribution in [0.2, 0.25) is 0 Å². The van der Waals surface area contributed by atoms with Gasteiger partial charge in [-0.25, -0.2) is 4.39 Å². The Morgan fingerprint density at radius 1 is 1.18 bits per heavy atom. The molecule has 1 aliphatic heterocycles. The summed E-state index contributed by atoms with van der Waals surface area (Å²) >= 11 is 0.893. The number of benzene rings is 1. The highest BCUT2D eigenvalue weighted by Crippen LogP contribution is 2.29. The van der Waals surface area contributed by atoms with Crippen molar-refractivity contribution in [1.82, 2.24) is 9.88 Å². The van der Waals surface area contributed by atoms with E-state index >= 15 is 0 Å². The van der Waals surface area contributed by atoms with Crippen molar-refractivity contribution in [1.29, 1.82) is 0 Å². The molecule has 0 saturated carbocycles. The maximum Gasteiger partial charge on any atom is 0.290 e. The molecule has 4 nitrogen and oxygen atoms in total. The van der Waals surface area contributed by atoms with Gasteiger partial charge in [0, 0.05) is 17.1 Å². The van der Waals surface area contributed by atoms with Crippen LogP contribution < -0.4 is 5.32 Å². The van der Waals surface area contributed by atoms with Crippen molar-refractivity contribution in [3.63, 3.8) is 0 Å². The average Bonchev–Trinajstić information content (AvgIpc) is 2.92. The third-order valence-electron chi connectivity index (χ3n) is 3.48. The van der Waals surface area contributed by atoms with Crippen LogP contribution in [0, 0.1) is 19.7 Å². The molecule has 6 heteroatoms. The summed E-state index contributed by atoms with van der Waals surface area (Å²) in [6, 6.07) is 8.15. The Morgan fingerprint density at radius 3 is 2.45 bits per heavy atom. The second kappa shape index (κ2) is 5.46. The summed E-state index contributed by atoms with van der Waals surface area (Å²) in [6.07, 6.45) is 1.70. The number of halogens is 1. The molecule has 2 aromatic rings. The predicted molar refractivity (Wildman–Crippen MR) is 84.3 cm³/mol. The SMILES string of the molecule is Cc1cc(/C=C2\SC(=O)NC2=O)c(C)n1-c1ccc(F)cc1. The van der Waals surface area contributed by atoms with E-state index in [0.29, 0.717) is 4.91 Å². The van der Waals surface area contributed by atoms with Gasteiger partial charge >= 0.3 is 0 Å². The lowest BCUT2D eigenvalue weighted by Gasteiger charge is -2.09. The average molecular weight is 316 g/mol. The van der Waals surface area contributed by atoms with Crippen LogP contribution >= 0.6 is 11.8 Å². The Kier molecular flexibility index (Phi) is 3.62. The van der Waals surface area contributed by atoms with Crippen LogP contribution in [0.4, 0.5) is 9.18 Å². The first kappa shape index (κ1) is 14.6. The third-order valence-corrected chi connectivity index (χ3v) is 4.29. The van der Waals surface area contributed by atoms with E-state index in [1.165, 1.54) is 12.1 Å². The number of aryl methyl sites for hydroxylation is 1. The van der Waals surface area contributed by atoms with Crippen molar-refractivity contribution < 1.29 is 14.0 Å². The number of hydrogen-bond acceptors (Lipinski definition) is 3. The summed E-state index contributed by atoms with van der Waals surface area (Å²) < 4.78 is 15.0. The summed E-state index contributed by atoms with van der Waals surface area (Å²) in [6.45, 7) is 3.85. The first-order chi connectivity index (χ1) is 10.5. The minimum atomic E-state index is -0.374. The van der Waals surface area contributed by atoms with Gasteiger partial charge in [-0.05, 0) is 67.6 Å². The lowest BCUT2D eigenvalue weighted by Crippen LogP contribution is -2.17. The smallest absolute Gasteiger partial charge is 0.290 e. The number of carbonyl (C=O) groups excluding carboxylic acids is 2. The Hall–Kier alpha value is -2.34. The Labute approximate surface area is 131 Å². The quantitative estimate of drug-likeness (QED) is 0.862. The molecule has 1 saturated heterocycles. The second-order valence-corrected chi connectivity index (χ2v) is 6.01. The van der Waals surface area contributed by atoms with Gasteiger partial charge in [0.1, 0.15) is 5.82 Å². The van der Waals surface area contributed by atoms with Crippen LogP contribution in [0.3, 0.4) is 0 Å². The summed E-state index contributed by atoms with van der Waals surface area (Å²) in [5.74, 6) is -0.660. The summed E-state index contributed by atoms with van der Waals surface area (Å²) in [5, 5.41) is 1.88. The molecule has 0 radical (unpaired) electrons. The Balaban J connectivity index is 2.04. The zero-order valence-electron chi connectivity index (χ0n) is 12.0. The predicted octanol–water partition coefficient (Wildman–Crippen LogP) is 3.56. The summed E-state index contributed by atoms with van der Waals surface area (Å²) in [4.78, 5) is 23.2. The van der Waals surface area contributed by atoms with E-state index in [-0.39, 0.29) is 17.0 Å².